The number of carbonyl (C=O) groups is 1. The van der Waals surface area contributed by atoms with E-state index >= 15 is 0 Å². The van der Waals surface area contributed by atoms with E-state index in [1.54, 1.807) is 11.3 Å². The Morgan fingerprint density at radius 2 is 1.84 bits per heavy atom. The summed E-state index contributed by atoms with van der Waals surface area (Å²) < 4.78 is 4.88. The van der Waals surface area contributed by atoms with Crippen molar-refractivity contribution >= 4 is 34.7 Å². The van der Waals surface area contributed by atoms with Crippen LogP contribution in [0.5, 0.6) is 0 Å². The molecule has 0 atom stereocenters. The molecular formula is C19H15ClN2O2S. The lowest BCUT2D eigenvalue weighted by Crippen LogP contribution is -2.13. The van der Waals surface area contributed by atoms with E-state index in [-0.39, 0.29) is 6.61 Å². The summed E-state index contributed by atoms with van der Waals surface area (Å²) in [6, 6.07) is 15.0. The standard InChI is InChI=1S/C19H15ClN2O2S/c1-2-11-24-19(23)21-16-9-5-13(6-10-16)17-12-25-18(22-17)14-3-7-15(20)8-4-14/h2-10,12H,1,11H2,(H,21,23). The van der Waals surface area contributed by atoms with E-state index in [0.29, 0.717) is 10.7 Å². The predicted molar refractivity (Wildman–Crippen MR) is 103 cm³/mol. The summed E-state index contributed by atoms with van der Waals surface area (Å²) in [5.41, 5.74) is 3.55. The van der Waals surface area contributed by atoms with Gasteiger partial charge in [0, 0.05) is 27.2 Å². The number of nitrogens with zero attached hydrogens (tertiary/aromatic N) is 1. The van der Waals surface area contributed by atoms with Gasteiger partial charge in [0.25, 0.3) is 0 Å². The van der Waals surface area contributed by atoms with Crippen molar-refractivity contribution in [1.29, 1.82) is 0 Å². The van der Waals surface area contributed by atoms with Crippen molar-refractivity contribution in [3.8, 4) is 21.8 Å². The molecule has 0 radical (unpaired) electrons. The maximum absolute atomic E-state index is 11.5. The zero-order valence-electron chi connectivity index (χ0n) is 13.2. The second kappa shape index (κ2) is 7.96. The summed E-state index contributed by atoms with van der Waals surface area (Å²) >= 11 is 7.49. The van der Waals surface area contributed by atoms with Gasteiger partial charge in [0.1, 0.15) is 11.6 Å². The monoisotopic (exact) mass is 370 g/mol. The Morgan fingerprint density at radius 3 is 2.52 bits per heavy atom. The highest BCUT2D eigenvalue weighted by Crippen LogP contribution is 2.30. The Labute approximate surface area is 154 Å². The van der Waals surface area contributed by atoms with Gasteiger partial charge in [-0.1, -0.05) is 48.5 Å². The molecule has 0 saturated carbocycles. The van der Waals surface area contributed by atoms with Gasteiger partial charge >= 0.3 is 6.09 Å². The minimum Gasteiger partial charge on any atom is -0.445 e. The first-order valence-corrected chi connectivity index (χ1v) is 8.78. The molecule has 2 aromatic carbocycles. The van der Waals surface area contributed by atoms with Gasteiger partial charge in [0.05, 0.1) is 5.69 Å². The fraction of sp³-hybridized carbons (Fsp3) is 0.0526. The maximum atomic E-state index is 11.5. The molecule has 1 amide bonds. The van der Waals surface area contributed by atoms with Crippen molar-refractivity contribution in [1.82, 2.24) is 4.98 Å². The van der Waals surface area contributed by atoms with Gasteiger partial charge in [0.2, 0.25) is 0 Å². The van der Waals surface area contributed by atoms with Gasteiger partial charge in [-0.2, -0.15) is 0 Å². The van der Waals surface area contributed by atoms with Crippen molar-refractivity contribution in [3.63, 3.8) is 0 Å². The van der Waals surface area contributed by atoms with Gasteiger partial charge in [-0.05, 0) is 24.3 Å². The Hall–Kier alpha value is -2.63. The number of ether oxygens (including phenoxy) is 1. The van der Waals surface area contributed by atoms with E-state index in [1.807, 2.05) is 53.9 Å². The van der Waals surface area contributed by atoms with Crippen LogP contribution in [0.4, 0.5) is 10.5 Å². The smallest absolute Gasteiger partial charge is 0.411 e. The maximum Gasteiger partial charge on any atom is 0.411 e. The number of hydrogen-bond donors (Lipinski definition) is 1. The fourth-order valence-corrected chi connectivity index (χ4v) is 3.11. The minimum absolute atomic E-state index is 0.177. The number of thiazole rings is 1. The van der Waals surface area contributed by atoms with E-state index < -0.39 is 6.09 Å². The number of hydrogen-bond acceptors (Lipinski definition) is 4. The van der Waals surface area contributed by atoms with Crippen molar-refractivity contribution in [3.05, 3.63) is 71.6 Å². The summed E-state index contributed by atoms with van der Waals surface area (Å²) in [7, 11) is 0. The average Bonchev–Trinajstić information content (AvgIpc) is 3.11. The largest absolute Gasteiger partial charge is 0.445 e. The third-order valence-corrected chi connectivity index (χ3v) is 4.50. The first-order valence-electron chi connectivity index (χ1n) is 7.52. The Kier molecular flexibility index (Phi) is 5.48. The molecule has 0 aliphatic rings. The van der Waals surface area contributed by atoms with Gasteiger partial charge in [0.15, 0.2) is 0 Å². The average molecular weight is 371 g/mol. The lowest BCUT2D eigenvalue weighted by molar-refractivity contribution is 0.174. The molecule has 1 N–H and O–H groups in total. The van der Waals surface area contributed by atoms with Crippen LogP contribution in [0.15, 0.2) is 66.6 Å². The van der Waals surface area contributed by atoms with Gasteiger partial charge in [-0.3, -0.25) is 5.32 Å². The van der Waals surface area contributed by atoms with Crippen LogP contribution in [0.2, 0.25) is 5.02 Å². The van der Waals surface area contributed by atoms with Gasteiger partial charge in [-0.25, -0.2) is 9.78 Å². The summed E-state index contributed by atoms with van der Waals surface area (Å²) in [5.74, 6) is 0. The van der Waals surface area contributed by atoms with Crippen LogP contribution in [0.3, 0.4) is 0 Å². The zero-order chi connectivity index (χ0) is 17.6. The topological polar surface area (TPSA) is 51.2 Å². The molecule has 0 unspecified atom stereocenters. The van der Waals surface area contributed by atoms with E-state index in [9.17, 15) is 4.79 Å². The number of rotatable bonds is 5. The number of carbonyl (C=O) groups excluding carboxylic acids is 1. The molecule has 0 fully saturated rings. The molecule has 0 aliphatic heterocycles. The summed E-state index contributed by atoms with van der Waals surface area (Å²) in [6.45, 7) is 3.67. The van der Waals surface area contributed by atoms with Crippen LogP contribution in [-0.2, 0) is 4.74 Å². The number of anilines is 1. The van der Waals surface area contributed by atoms with Gasteiger partial charge < -0.3 is 4.74 Å². The van der Waals surface area contributed by atoms with Crippen LogP contribution in [-0.4, -0.2) is 17.7 Å². The van der Waals surface area contributed by atoms with Crippen LogP contribution < -0.4 is 5.32 Å². The molecule has 6 heteroatoms. The van der Waals surface area contributed by atoms with E-state index in [0.717, 1.165) is 21.8 Å². The second-order valence-corrected chi connectivity index (χ2v) is 6.43. The highest BCUT2D eigenvalue weighted by Gasteiger charge is 2.08. The lowest BCUT2D eigenvalue weighted by atomic mass is 10.1. The normalized spacial score (nSPS) is 10.3. The van der Waals surface area contributed by atoms with Crippen LogP contribution in [0.25, 0.3) is 21.8 Å². The molecule has 0 spiro atoms. The molecule has 0 bridgehead atoms. The SMILES string of the molecule is C=CCOC(=O)Nc1ccc(-c2csc(-c3ccc(Cl)cc3)n2)cc1. The number of halogens is 1. The molecule has 4 nitrogen and oxygen atoms in total. The molecule has 1 heterocycles. The van der Waals surface area contributed by atoms with E-state index in [4.69, 9.17) is 16.3 Å². The molecule has 0 aliphatic carbocycles. The highest BCUT2D eigenvalue weighted by molar-refractivity contribution is 7.13. The van der Waals surface area contributed by atoms with Crippen molar-refractivity contribution in [2.24, 2.45) is 0 Å². The van der Waals surface area contributed by atoms with E-state index in [2.05, 4.69) is 16.9 Å². The van der Waals surface area contributed by atoms with Crippen LogP contribution in [0, 0.1) is 0 Å². The first kappa shape index (κ1) is 17.2. The molecule has 3 rings (SSSR count). The second-order valence-electron chi connectivity index (χ2n) is 5.13. The van der Waals surface area contributed by atoms with Crippen molar-refractivity contribution in [2.75, 3.05) is 11.9 Å². The number of nitrogens with one attached hydrogen (secondary N) is 1. The molecule has 1 aromatic heterocycles. The van der Waals surface area contributed by atoms with E-state index in [1.165, 1.54) is 6.08 Å². The molecule has 25 heavy (non-hydrogen) atoms. The Balaban J connectivity index is 1.71. The number of aromatic nitrogens is 1. The lowest BCUT2D eigenvalue weighted by Gasteiger charge is -2.05. The Morgan fingerprint density at radius 1 is 1.16 bits per heavy atom. The summed E-state index contributed by atoms with van der Waals surface area (Å²) in [5, 5.41) is 6.29. The first-order chi connectivity index (χ1) is 12.2. The third-order valence-electron chi connectivity index (χ3n) is 3.35. The Bertz CT molecular complexity index is 873. The number of amides is 1. The summed E-state index contributed by atoms with van der Waals surface area (Å²) in [6.07, 6.45) is 1.01. The number of benzene rings is 2. The van der Waals surface area contributed by atoms with Gasteiger partial charge in [-0.15, -0.1) is 11.3 Å². The summed E-state index contributed by atoms with van der Waals surface area (Å²) in [4.78, 5) is 16.2. The zero-order valence-corrected chi connectivity index (χ0v) is 14.8. The molecular weight excluding hydrogens is 356 g/mol. The quantitative estimate of drug-likeness (QED) is 0.572. The molecule has 0 saturated heterocycles. The predicted octanol–water partition coefficient (Wildman–Crippen LogP) is 5.87. The minimum atomic E-state index is -0.508. The molecule has 126 valence electrons. The van der Waals surface area contributed by atoms with Crippen LogP contribution in [0.1, 0.15) is 0 Å². The fourth-order valence-electron chi connectivity index (χ4n) is 2.14. The third kappa shape index (κ3) is 4.47. The molecule has 3 aromatic rings. The van der Waals surface area contributed by atoms with Crippen molar-refractivity contribution < 1.29 is 9.53 Å². The van der Waals surface area contributed by atoms with Crippen molar-refractivity contribution in [2.45, 2.75) is 0 Å². The highest BCUT2D eigenvalue weighted by atomic mass is 35.5. The van der Waals surface area contributed by atoms with Crippen LogP contribution >= 0.6 is 22.9 Å².